The summed E-state index contributed by atoms with van der Waals surface area (Å²) >= 11 is 0. The highest BCUT2D eigenvalue weighted by Crippen LogP contribution is 2.28. The van der Waals surface area contributed by atoms with Crippen LogP contribution < -0.4 is 15.4 Å². The van der Waals surface area contributed by atoms with Gasteiger partial charge in [-0.2, -0.15) is 0 Å². The Labute approximate surface area is 137 Å². The third kappa shape index (κ3) is 5.25. The first-order chi connectivity index (χ1) is 11.1. The van der Waals surface area contributed by atoms with Gasteiger partial charge in [0, 0.05) is 13.1 Å². The summed E-state index contributed by atoms with van der Waals surface area (Å²) in [4.78, 5) is 25.4. The van der Waals surface area contributed by atoms with Crippen LogP contribution >= 0.6 is 0 Å². The number of carbonyl (C=O) groups is 2. The predicted molar refractivity (Wildman–Crippen MR) is 88.6 cm³/mol. The smallest absolute Gasteiger partial charge is 0.321 e. The number of carbonyl (C=O) groups excluding carboxylic acids is 2. The van der Waals surface area contributed by atoms with E-state index >= 15 is 0 Å². The lowest BCUT2D eigenvalue weighted by atomic mass is 9.98. The lowest BCUT2D eigenvalue weighted by Gasteiger charge is -2.16. The molecule has 1 fully saturated rings. The first-order valence-corrected chi connectivity index (χ1v) is 8.06. The highest BCUT2D eigenvalue weighted by molar-refractivity contribution is 5.95. The first-order valence-electron chi connectivity index (χ1n) is 8.06. The number of amides is 3. The number of nitrogens with zero attached hydrogens (tertiary/aromatic N) is 1. The monoisotopic (exact) mass is 319 g/mol. The second-order valence-electron chi connectivity index (χ2n) is 5.80. The van der Waals surface area contributed by atoms with Crippen molar-refractivity contribution in [2.75, 3.05) is 33.3 Å². The zero-order valence-electron chi connectivity index (χ0n) is 13.8. The van der Waals surface area contributed by atoms with Gasteiger partial charge in [-0.05, 0) is 43.0 Å². The number of hydrogen-bond donors (Lipinski definition) is 2. The summed E-state index contributed by atoms with van der Waals surface area (Å²) in [5.41, 5.74) is 1.26. The maximum absolute atomic E-state index is 11.9. The minimum absolute atomic E-state index is 0.256. The normalized spacial score (nSPS) is 17.7. The number of imide groups is 1. The molecule has 0 radical (unpaired) electrons. The molecular weight excluding hydrogens is 294 g/mol. The molecule has 0 aliphatic carbocycles. The van der Waals surface area contributed by atoms with E-state index in [2.05, 4.69) is 27.7 Å². The van der Waals surface area contributed by atoms with Crippen molar-refractivity contribution < 1.29 is 14.3 Å². The van der Waals surface area contributed by atoms with E-state index in [1.165, 1.54) is 5.56 Å². The van der Waals surface area contributed by atoms with E-state index in [4.69, 9.17) is 4.74 Å². The molecular formula is C17H25N3O3. The molecule has 0 bridgehead atoms. The van der Waals surface area contributed by atoms with Crippen molar-refractivity contribution in [3.63, 3.8) is 0 Å². The minimum atomic E-state index is -0.414. The molecule has 1 aromatic carbocycles. The van der Waals surface area contributed by atoms with Crippen molar-refractivity contribution in [2.45, 2.75) is 25.7 Å². The van der Waals surface area contributed by atoms with Crippen LogP contribution in [0, 0.1) is 0 Å². The molecule has 0 saturated carbocycles. The number of ether oxygens (including phenoxy) is 1. The molecule has 1 atom stereocenters. The van der Waals surface area contributed by atoms with Crippen LogP contribution in [0.2, 0.25) is 0 Å². The van der Waals surface area contributed by atoms with Crippen LogP contribution in [0.25, 0.3) is 0 Å². The third-order valence-electron chi connectivity index (χ3n) is 4.02. The van der Waals surface area contributed by atoms with Crippen LogP contribution in [-0.2, 0) is 4.79 Å². The molecule has 2 rings (SSSR count). The van der Waals surface area contributed by atoms with Crippen molar-refractivity contribution in [1.82, 2.24) is 15.5 Å². The molecule has 1 saturated heterocycles. The fraction of sp³-hybridized carbons (Fsp3) is 0.529. The summed E-state index contributed by atoms with van der Waals surface area (Å²) in [6.07, 6.45) is 1.86. The minimum Gasteiger partial charge on any atom is -0.497 e. The van der Waals surface area contributed by atoms with Gasteiger partial charge < -0.3 is 10.1 Å². The number of hydrogen-bond acceptors (Lipinski definition) is 4. The lowest BCUT2D eigenvalue weighted by molar-refractivity contribution is -0.120. The molecule has 0 aromatic heterocycles. The number of rotatable bonds is 6. The number of urea groups is 1. The summed E-state index contributed by atoms with van der Waals surface area (Å²) < 4.78 is 5.17. The van der Waals surface area contributed by atoms with Gasteiger partial charge >= 0.3 is 6.03 Å². The standard InChI is InChI=1S/C17H25N3O3/c1-3-9-18-17(22)19-16(21)12-20-10-8-14(11-20)13-4-6-15(23-2)7-5-13/h4-7,14H,3,8-12H2,1-2H3,(H2,18,19,21,22)/t14-/m1/s1. The number of methoxy groups -OCH3 is 1. The van der Waals surface area contributed by atoms with Gasteiger partial charge in [0.15, 0.2) is 0 Å². The van der Waals surface area contributed by atoms with Gasteiger partial charge in [0.05, 0.1) is 13.7 Å². The Kier molecular flexibility index (Phi) is 6.40. The van der Waals surface area contributed by atoms with E-state index in [-0.39, 0.29) is 12.5 Å². The highest BCUT2D eigenvalue weighted by Gasteiger charge is 2.25. The van der Waals surface area contributed by atoms with Crippen LogP contribution in [0.3, 0.4) is 0 Å². The Bertz CT molecular complexity index is 530. The number of nitrogens with one attached hydrogen (secondary N) is 2. The topological polar surface area (TPSA) is 70.7 Å². The molecule has 3 amide bonds. The molecule has 1 heterocycles. The fourth-order valence-corrected chi connectivity index (χ4v) is 2.78. The maximum Gasteiger partial charge on any atom is 0.321 e. The number of likely N-dealkylation sites (tertiary alicyclic amines) is 1. The Hall–Kier alpha value is -2.08. The molecule has 6 nitrogen and oxygen atoms in total. The summed E-state index contributed by atoms with van der Waals surface area (Å²) in [5, 5.41) is 5.00. The van der Waals surface area contributed by atoms with Gasteiger partial charge in [-0.3, -0.25) is 15.0 Å². The summed E-state index contributed by atoms with van der Waals surface area (Å²) in [6.45, 7) is 4.48. The molecule has 1 aromatic rings. The van der Waals surface area contributed by atoms with Gasteiger partial charge in [-0.15, -0.1) is 0 Å². The Morgan fingerprint density at radius 3 is 2.70 bits per heavy atom. The maximum atomic E-state index is 11.9. The Morgan fingerprint density at radius 1 is 1.30 bits per heavy atom. The van der Waals surface area contributed by atoms with Gasteiger partial charge in [0.25, 0.3) is 0 Å². The van der Waals surface area contributed by atoms with Crippen LogP contribution in [-0.4, -0.2) is 50.1 Å². The van der Waals surface area contributed by atoms with E-state index in [1.807, 2.05) is 19.1 Å². The van der Waals surface area contributed by atoms with Gasteiger partial charge in [0.2, 0.25) is 5.91 Å². The largest absolute Gasteiger partial charge is 0.497 e. The first kappa shape index (κ1) is 17.3. The van der Waals surface area contributed by atoms with Crippen LogP contribution in [0.4, 0.5) is 4.79 Å². The second-order valence-corrected chi connectivity index (χ2v) is 5.80. The molecule has 23 heavy (non-hydrogen) atoms. The molecule has 0 spiro atoms. The summed E-state index contributed by atoms with van der Waals surface area (Å²) in [5.74, 6) is 1.01. The molecule has 6 heteroatoms. The van der Waals surface area contributed by atoms with E-state index in [0.717, 1.165) is 31.7 Å². The van der Waals surface area contributed by atoms with Crippen molar-refractivity contribution in [3.05, 3.63) is 29.8 Å². The Morgan fingerprint density at radius 2 is 2.04 bits per heavy atom. The predicted octanol–water partition coefficient (Wildman–Crippen LogP) is 1.72. The second kappa shape index (κ2) is 8.53. The van der Waals surface area contributed by atoms with E-state index in [9.17, 15) is 9.59 Å². The average Bonchev–Trinajstić information content (AvgIpc) is 3.01. The highest BCUT2D eigenvalue weighted by atomic mass is 16.5. The van der Waals surface area contributed by atoms with Gasteiger partial charge in [-0.1, -0.05) is 19.1 Å². The van der Waals surface area contributed by atoms with E-state index in [0.29, 0.717) is 12.5 Å². The van der Waals surface area contributed by atoms with Crippen LogP contribution in [0.1, 0.15) is 31.2 Å². The summed E-state index contributed by atoms with van der Waals surface area (Å²) in [7, 11) is 1.65. The lowest BCUT2D eigenvalue weighted by Crippen LogP contribution is -2.44. The SMILES string of the molecule is CCCNC(=O)NC(=O)CN1CC[C@@H](c2ccc(OC)cc2)C1. The van der Waals surface area contributed by atoms with E-state index in [1.54, 1.807) is 7.11 Å². The van der Waals surface area contributed by atoms with Crippen LogP contribution in [0.15, 0.2) is 24.3 Å². The Balaban J connectivity index is 1.78. The van der Waals surface area contributed by atoms with Crippen molar-refractivity contribution >= 4 is 11.9 Å². The molecule has 126 valence electrons. The molecule has 0 unspecified atom stereocenters. The van der Waals surface area contributed by atoms with Crippen LogP contribution in [0.5, 0.6) is 5.75 Å². The summed E-state index contributed by atoms with van der Waals surface area (Å²) in [6, 6.07) is 7.66. The van der Waals surface area contributed by atoms with Gasteiger partial charge in [0.1, 0.15) is 5.75 Å². The van der Waals surface area contributed by atoms with Crippen molar-refractivity contribution in [1.29, 1.82) is 0 Å². The number of benzene rings is 1. The van der Waals surface area contributed by atoms with Crippen molar-refractivity contribution in [3.8, 4) is 5.75 Å². The fourth-order valence-electron chi connectivity index (χ4n) is 2.78. The van der Waals surface area contributed by atoms with Gasteiger partial charge in [-0.25, -0.2) is 4.79 Å². The zero-order valence-corrected chi connectivity index (χ0v) is 13.8. The average molecular weight is 319 g/mol. The molecule has 1 aliphatic heterocycles. The quantitative estimate of drug-likeness (QED) is 0.837. The molecule has 2 N–H and O–H groups in total. The zero-order chi connectivity index (χ0) is 16.7. The third-order valence-corrected chi connectivity index (χ3v) is 4.02. The van der Waals surface area contributed by atoms with Crippen molar-refractivity contribution in [2.24, 2.45) is 0 Å². The van der Waals surface area contributed by atoms with E-state index < -0.39 is 6.03 Å². The molecule has 1 aliphatic rings.